The van der Waals surface area contributed by atoms with Gasteiger partial charge in [0.15, 0.2) is 11.4 Å². The van der Waals surface area contributed by atoms with E-state index in [0.29, 0.717) is 56.1 Å². The molecule has 0 saturated heterocycles. The molecular formula is C100H70F6N8. The predicted octanol–water partition coefficient (Wildman–Crippen LogP) is 28.4. The standard InChI is InChI=1S/2C50H35F3N4/c1-28-15-21-44-39(23-28)35-11-7-9-13-42(35)56(44)46-25-33(48-31(4)30(3)41(27-54)32(5)49(48)50(51,52)53)17-19-37(46)38-20-18-34(55-6)26-47(38)57-43-14-10-8-12-36(43)40-24-29(2)16-22-45(40)57;1-28-15-20-44-38(23-28)35-11-7-9-13-42(35)56(44)46-22-18-34(55-6)26-40(46)37-19-17-33(48-31(4)30(3)41(27-54)32(5)49(48)50(51,52)53)25-47(37)57-43-14-10-8-12-36(43)39-24-29(2)16-21-45(39)57/h2*7-26H,1-5H3. The van der Waals surface area contributed by atoms with Gasteiger partial charge in [0.25, 0.3) is 0 Å². The molecule has 8 nitrogen and oxygen atoms in total. The second-order valence-corrected chi connectivity index (χ2v) is 29.8. The molecule has 14 heteroatoms. The first-order valence-electron chi connectivity index (χ1n) is 37.4. The molecule has 0 amide bonds. The van der Waals surface area contributed by atoms with Crippen LogP contribution in [0.4, 0.5) is 37.7 Å². The summed E-state index contributed by atoms with van der Waals surface area (Å²) in [6.45, 7) is 33.9. The third-order valence-corrected chi connectivity index (χ3v) is 23.1. The van der Waals surface area contributed by atoms with E-state index in [-0.39, 0.29) is 33.4 Å². The Kier molecular flexibility index (Phi) is 17.5. The summed E-state index contributed by atoms with van der Waals surface area (Å²) in [4.78, 5) is 7.69. The maximum absolute atomic E-state index is 15.2. The van der Waals surface area contributed by atoms with Crippen LogP contribution in [0.2, 0.25) is 0 Å². The molecule has 0 aliphatic heterocycles. The third-order valence-electron chi connectivity index (χ3n) is 23.1. The number of para-hydroxylation sites is 4. The Morgan fingerprint density at radius 1 is 0.281 bits per heavy atom. The molecule has 14 aromatic carbocycles. The molecule has 0 aliphatic rings. The van der Waals surface area contributed by atoms with E-state index in [4.69, 9.17) is 13.1 Å². The second kappa shape index (κ2) is 27.4. The lowest BCUT2D eigenvalue weighted by Gasteiger charge is -2.24. The first kappa shape index (κ1) is 72.7. The number of alkyl halides is 6. The maximum Gasteiger partial charge on any atom is 0.417 e. The Morgan fingerprint density at radius 2 is 0.570 bits per heavy atom. The quantitative estimate of drug-likeness (QED) is 0.112. The minimum absolute atomic E-state index is 0.0418. The lowest BCUT2D eigenvalue weighted by molar-refractivity contribution is -0.138. The van der Waals surface area contributed by atoms with Gasteiger partial charge in [0.2, 0.25) is 0 Å². The average molecular weight is 1500 g/mol. The first-order chi connectivity index (χ1) is 54.8. The van der Waals surface area contributed by atoms with E-state index in [0.717, 1.165) is 143 Å². The number of aryl methyl sites for hydroxylation is 4. The number of hydrogen-bond acceptors (Lipinski definition) is 2. The summed E-state index contributed by atoms with van der Waals surface area (Å²) in [7, 11) is 0. The molecule has 0 aliphatic carbocycles. The number of fused-ring (bicyclic) bond motifs is 12. The average Bonchev–Trinajstić information content (AvgIpc) is 1.39. The van der Waals surface area contributed by atoms with Crippen LogP contribution in [0.3, 0.4) is 0 Å². The van der Waals surface area contributed by atoms with Crippen molar-refractivity contribution in [3.05, 3.63) is 343 Å². The van der Waals surface area contributed by atoms with Crippen LogP contribution in [-0.2, 0) is 12.4 Å². The summed E-state index contributed by atoms with van der Waals surface area (Å²) < 4.78 is 100. The van der Waals surface area contributed by atoms with E-state index in [1.807, 2.05) is 147 Å². The number of hydrogen-bond donors (Lipinski definition) is 0. The molecule has 0 fully saturated rings. The van der Waals surface area contributed by atoms with Crippen molar-refractivity contribution in [1.29, 1.82) is 10.5 Å². The van der Waals surface area contributed by atoms with Gasteiger partial charge in [-0.3, -0.25) is 0 Å². The number of aromatic nitrogens is 4. The highest BCUT2D eigenvalue weighted by Crippen LogP contribution is 2.51. The Morgan fingerprint density at radius 3 is 0.904 bits per heavy atom. The number of nitriles is 2. The highest BCUT2D eigenvalue weighted by molar-refractivity contribution is 6.14. The van der Waals surface area contributed by atoms with E-state index < -0.39 is 23.5 Å². The zero-order valence-corrected chi connectivity index (χ0v) is 63.9. The summed E-state index contributed by atoms with van der Waals surface area (Å²) >= 11 is 0. The second-order valence-electron chi connectivity index (χ2n) is 29.8. The zero-order valence-electron chi connectivity index (χ0n) is 63.9. The predicted molar refractivity (Wildman–Crippen MR) is 451 cm³/mol. The van der Waals surface area contributed by atoms with Crippen molar-refractivity contribution >= 4 is 98.6 Å². The molecular weight excluding hydrogens is 1430 g/mol. The number of benzene rings is 14. The Labute approximate surface area is 654 Å². The smallest absolute Gasteiger partial charge is 0.310 e. The van der Waals surface area contributed by atoms with Crippen LogP contribution in [0.1, 0.15) is 77.9 Å². The molecule has 0 spiro atoms. The van der Waals surface area contributed by atoms with Crippen LogP contribution < -0.4 is 0 Å². The molecule has 0 saturated carbocycles. The SMILES string of the molecule is [C-]#[N+]c1ccc(-c2ccc(-c3c(C)c(C)c(C#N)c(C)c3C(F)(F)F)cc2-n2c3ccccc3c3cc(C)ccc32)c(-n2c3ccccc3c3cc(C)ccc32)c1.[C-]#[N+]c1ccc(-n2c3ccccc3c3cc(C)ccc32)c(-c2ccc(-c3c(C)c(C)c(C#N)c(C)c3C(F)(F)F)cc2-n2c3ccccc3c3cc(C)ccc32)c1. The molecule has 114 heavy (non-hydrogen) atoms. The minimum atomic E-state index is -4.72. The van der Waals surface area contributed by atoms with Gasteiger partial charge >= 0.3 is 12.4 Å². The fourth-order valence-corrected chi connectivity index (χ4v) is 17.7. The fraction of sp³-hybridized carbons (Fsp3) is 0.120. The molecule has 0 bridgehead atoms. The number of nitrogens with zero attached hydrogens (tertiary/aromatic N) is 8. The molecule has 552 valence electrons. The van der Waals surface area contributed by atoms with Crippen LogP contribution in [0.5, 0.6) is 0 Å². The van der Waals surface area contributed by atoms with E-state index in [1.165, 1.54) is 13.8 Å². The molecule has 0 atom stereocenters. The van der Waals surface area contributed by atoms with E-state index in [2.05, 4.69) is 145 Å². The van der Waals surface area contributed by atoms with Gasteiger partial charge in [-0.05, 0) is 234 Å². The Hall–Kier alpha value is -14.2. The summed E-state index contributed by atoms with van der Waals surface area (Å²) in [5.74, 6) is 0. The molecule has 0 N–H and O–H groups in total. The lowest BCUT2D eigenvalue weighted by Crippen LogP contribution is -2.14. The van der Waals surface area contributed by atoms with Gasteiger partial charge in [0, 0.05) is 65.5 Å². The topological polar surface area (TPSA) is 76.0 Å². The van der Waals surface area contributed by atoms with E-state index in [1.54, 1.807) is 45.9 Å². The number of halogens is 6. The Bertz CT molecular complexity index is 7380. The van der Waals surface area contributed by atoms with Crippen LogP contribution in [0.25, 0.3) is 164 Å². The van der Waals surface area contributed by atoms with Crippen molar-refractivity contribution in [3.63, 3.8) is 0 Å². The van der Waals surface area contributed by atoms with Gasteiger partial charge < -0.3 is 18.3 Å². The Balaban J connectivity index is 0.000000165. The summed E-state index contributed by atoms with van der Waals surface area (Å²) in [5, 5.41) is 28.4. The monoisotopic (exact) mass is 1500 g/mol. The molecule has 4 heterocycles. The van der Waals surface area contributed by atoms with Crippen LogP contribution in [-0.4, -0.2) is 18.3 Å². The summed E-state index contributed by atoms with van der Waals surface area (Å²) in [5.41, 5.74) is 20.0. The van der Waals surface area contributed by atoms with Crippen molar-refractivity contribution in [3.8, 4) is 79.4 Å². The number of rotatable bonds is 8. The van der Waals surface area contributed by atoms with Crippen LogP contribution in [0, 0.1) is 105 Å². The van der Waals surface area contributed by atoms with Gasteiger partial charge in [0.1, 0.15) is 0 Å². The van der Waals surface area contributed by atoms with Gasteiger partial charge in [-0.2, -0.15) is 36.9 Å². The van der Waals surface area contributed by atoms with Crippen LogP contribution >= 0.6 is 0 Å². The zero-order chi connectivity index (χ0) is 79.8. The van der Waals surface area contributed by atoms with Gasteiger partial charge in [-0.25, -0.2) is 9.69 Å². The third kappa shape index (κ3) is 11.5. The van der Waals surface area contributed by atoms with Crippen molar-refractivity contribution in [2.24, 2.45) is 0 Å². The molecule has 18 aromatic rings. The van der Waals surface area contributed by atoms with Gasteiger partial charge in [-0.1, -0.05) is 162 Å². The van der Waals surface area contributed by atoms with Crippen molar-refractivity contribution in [2.75, 3.05) is 0 Å². The highest BCUT2D eigenvalue weighted by atomic mass is 19.4. The van der Waals surface area contributed by atoms with Crippen molar-refractivity contribution < 1.29 is 26.3 Å². The van der Waals surface area contributed by atoms with E-state index in [9.17, 15) is 10.5 Å². The molecule has 18 rings (SSSR count). The normalized spacial score (nSPS) is 11.8. The molecule has 0 radical (unpaired) electrons. The summed E-state index contributed by atoms with van der Waals surface area (Å²) in [6, 6.07) is 84.4. The van der Waals surface area contributed by atoms with Crippen molar-refractivity contribution in [1.82, 2.24) is 18.3 Å². The van der Waals surface area contributed by atoms with Crippen LogP contribution in [0.15, 0.2) is 243 Å². The minimum Gasteiger partial charge on any atom is -0.310 e. The first-order valence-corrected chi connectivity index (χ1v) is 37.4. The van der Waals surface area contributed by atoms with Gasteiger partial charge in [0.05, 0.1) is 109 Å². The van der Waals surface area contributed by atoms with Crippen molar-refractivity contribution in [2.45, 2.75) is 81.6 Å². The molecule has 4 aromatic heterocycles. The maximum atomic E-state index is 15.2. The fourth-order valence-electron chi connectivity index (χ4n) is 17.7. The lowest BCUT2D eigenvalue weighted by atomic mass is 9.84. The largest absolute Gasteiger partial charge is 0.417 e. The van der Waals surface area contributed by atoms with Gasteiger partial charge in [-0.15, -0.1) is 0 Å². The highest BCUT2D eigenvalue weighted by Gasteiger charge is 2.41. The molecule has 0 unspecified atom stereocenters. The van der Waals surface area contributed by atoms with E-state index >= 15 is 26.3 Å². The summed E-state index contributed by atoms with van der Waals surface area (Å²) in [6.07, 6.45) is -9.44.